The first kappa shape index (κ1) is 19.5. The molecule has 0 aromatic carbocycles. The molecule has 0 amide bonds. The van der Waals surface area contributed by atoms with E-state index in [-0.39, 0.29) is 68.5 Å². The van der Waals surface area contributed by atoms with Crippen LogP contribution in [0, 0.1) is 0 Å². The van der Waals surface area contributed by atoms with Crippen molar-refractivity contribution in [1.82, 2.24) is 0 Å². The molecule has 0 fully saturated rings. The van der Waals surface area contributed by atoms with Crippen molar-refractivity contribution in [1.29, 1.82) is 0 Å². The second-order valence-corrected chi connectivity index (χ2v) is 2.86. The van der Waals surface area contributed by atoms with E-state index in [0.717, 1.165) is 0 Å². The van der Waals surface area contributed by atoms with Gasteiger partial charge in [0.25, 0.3) is 0 Å². The smallest absolute Gasteiger partial charge is 0.724 e. The zero-order chi connectivity index (χ0) is 8.41. The summed E-state index contributed by atoms with van der Waals surface area (Å²) < 4.78 is 61.5. The van der Waals surface area contributed by atoms with Gasteiger partial charge in [0.05, 0.1) is 0 Å². The van der Waals surface area contributed by atoms with Gasteiger partial charge in [0.1, 0.15) is 0 Å². The average molecular weight is 295 g/mol. The third-order valence-corrected chi connectivity index (χ3v) is 0.750. The van der Waals surface area contributed by atoms with E-state index < -0.39 is 20.8 Å². The third-order valence-electron chi connectivity index (χ3n) is 0.194. The van der Waals surface area contributed by atoms with Gasteiger partial charge in [-0.3, -0.25) is 0 Å². The zero-order valence-electron chi connectivity index (χ0n) is 5.38. The minimum absolute atomic E-state index is 0. The molecule has 0 aromatic rings. The van der Waals surface area contributed by atoms with Crippen LogP contribution in [0.4, 0.5) is 0 Å². The van der Waals surface area contributed by atoms with Gasteiger partial charge in [-0.1, -0.05) is 0 Å². The van der Waals surface area contributed by atoms with Crippen LogP contribution in [0.15, 0.2) is 0 Å². The van der Waals surface area contributed by atoms with E-state index in [0.29, 0.717) is 0 Å². The summed E-state index contributed by atoms with van der Waals surface area (Å²) in [5.41, 5.74) is 0. The number of hydrogen-bond acceptors (Lipinski definition) is 8. The standard InChI is InChI=1S/Cu.K.H2O8S2/c;;1-9(2,3)7-8-10(4,5)6/h;;(H,1,2,3)(H,4,5,6)/q+2;+1;/p-2. The average Bonchev–Trinajstić information content (AvgIpc) is 1.57. The topological polar surface area (TPSA) is 133 Å². The predicted molar refractivity (Wildman–Crippen MR) is 21.6 cm³/mol. The Kier molecular flexibility index (Phi) is 11.7. The van der Waals surface area contributed by atoms with Crippen LogP contribution >= 0.6 is 0 Å². The van der Waals surface area contributed by atoms with Crippen LogP contribution in [0.1, 0.15) is 0 Å². The van der Waals surface area contributed by atoms with E-state index in [4.69, 9.17) is 0 Å². The maximum Gasteiger partial charge on any atom is 2.00 e. The molecule has 0 unspecified atom stereocenters. The first-order chi connectivity index (χ1) is 4.21. The van der Waals surface area contributed by atoms with Crippen LogP contribution < -0.4 is 51.4 Å². The minimum Gasteiger partial charge on any atom is -0.724 e. The first-order valence-corrected chi connectivity index (χ1v) is 4.17. The van der Waals surface area contributed by atoms with Crippen LogP contribution in [0.3, 0.4) is 0 Å². The Labute approximate surface area is 122 Å². The summed E-state index contributed by atoms with van der Waals surface area (Å²) in [4.78, 5) is 0. The zero-order valence-corrected chi connectivity index (χ0v) is 11.1. The number of rotatable bonds is 3. The fourth-order valence-electron chi connectivity index (χ4n) is 0.0680. The monoisotopic (exact) mass is 294 g/mol. The molecule has 0 aliphatic heterocycles. The largest absolute Gasteiger partial charge is 2.00 e. The molecule has 0 atom stereocenters. The van der Waals surface area contributed by atoms with Gasteiger partial charge in [-0.15, -0.1) is 8.67 Å². The van der Waals surface area contributed by atoms with Crippen molar-refractivity contribution in [2.24, 2.45) is 0 Å². The maximum atomic E-state index is 9.37. The SMILES string of the molecule is O=S(=O)([O-])OOS(=O)(=O)[O-].[Cu+2].[K+]. The summed E-state index contributed by atoms with van der Waals surface area (Å²) in [7, 11) is -10.6. The quantitative estimate of drug-likeness (QED) is 0.166. The summed E-state index contributed by atoms with van der Waals surface area (Å²) in [6, 6.07) is 0. The molecular formula is CuKO8S2+. The molecule has 0 saturated carbocycles. The van der Waals surface area contributed by atoms with Gasteiger partial charge in [0, 0.05) is 0 Å². The molecule has 0 rings (SSSR count). The van der Waals surface area contributed by atoms with E-state index in [1.807, 2.05) is 0 Å². The Morgan fingerprint density at radius 1 is 0.833 bits per heavy atom. The first-order valence-electron chi connectivity index (χ1n) is 1.50. The van der Waals surface area contributed by atoms with E-state index in [2.05, 4.69) is 8.67 Å². The molecule has 1 radical (unpaired) electrons. The molecule has 0 aromatic heterocycles. The van der Waals surface area contributed by atoms with Crippen molar-refractivity contribution in [3.63, 3.8) is 0 Å². The van der Waals surface area contributed by atoms with Gasteiger partial charge in [0.15, 0.2) is 0 Å². The third kappa shape index (κ3) is 17.8. The summed E-state index contributed by atoms with van der Waals surface area (Å²) in [5.74, 6) is 0. The molecule has 0 aliphatic carbocycles. The van der Waals surface area contributed by atoms with Crippen molar-refractivity contribution in [3.05, 3.63) is 0 Å². The van der Waals surface area contributed by atoms with Crippen molar-refractivity contribution in [2.75, 3.05) is 0 Å². The molecule has 0 saturated heterocycles. The molecule has 0 heterocycles. The van der Waals surface area contributed by atoms with Crippen molar-refractivity contribution < 1.29 is 103 Å². The molecule has 8 nitrogen and oxygen atoms in total. The maximum absolute atomic E-state index is 9.37. The minimum atomic E-state index is -5.31. The Morgan fingerprint density at radius 2 is 1.00 bits per heavy atom. The van der Waals surface area contributed by atoms with E-state index in [9.17, 15) is 25.9 Å². The second kappa shape index (κ2) is 7.22. The molecule has 12 heteroatoms. The molecule has 0 spiro atoms. The van der Waals surface area contributed by atoms with E-state index >= 15 is 0 Å². The van der Waals surface area contributed by atoms with Crippen molar-refractivity contribution in [3.8, 4) is 0 Å². The molecule has 0 bridgehead atoms. The van der Waals surface area contributed by atoms with Gasteiger partial charge in [-0.2, -0.15) is 0 Å². The Morgan fingerprint density at radius 3 is 1.08 bits per heavy atom. The Hall–Kier alpha value is 1.90. The van der Waals surface area contributed by atoms with E-state index in [1.165, 1.54) is 0 Å². The fraction of sp³-hybridized carbons (Fsp3) is 0. The molecule has 71 valence electrons. The van der Waals surface area contributed by atoms with Crippen LogP contribution in [-0.2, 0) is 46.5 Å². The van der Waals surface area contributed by atoms with Gasteiger partial charge >= 0.3 is 68.5 Å². The predicted octanol–water partition coefficient (Wildman–Crippen LogP) is -5.14. The Bertz CT molecular complexity index is 253. The summed E-state index contributed by atoms with van der Waals surface area (Å²) in [6.07, 6.45) is 0. The van der Waals surface area contributed by atoms with Crippen LogP contribution in [0.2, 0.25) is 0 Å². The number of hydrogen-bond donors (Lipinski definition) is 0. The summed E-state index contributed by atoms with van der Waals surface area (Å²) in [5, 5.41) is 0. The normalized spacial score (nSPS) is 11.2. The summed E-state index contributed by atoms with van der Waals surface area (Å²) in [6.45, 7) is 0. The molecule has 12 heavy (non-hydrogen) atoms. The second-order valence-electron chi connectivity index (χ2n) is 0.953. The molecule has 0 N–H and O–H groups in total. The Balaban J connectivity index is -0.000000405. The van der Waals surface area contributed by atoms with Gasteiger partial charge in [-0.25, -0.2) is 16.8 Å². The van der Waals surface area contributed by atoms with Crippen LogP contribution in [0.25, 0.3) is 0 Å². The van der Waals surface area contributed by atoms with Crippen molar-refractivity contribution >= 4 is 20.8 Å². The van der Waals surface area contributed by atoms with Crippen LogP contribution in [-0.4, -0.2) is 25.9 Å². The molecular weight excluding hydrogens is 295 g/mol. The van der Waals surface area contributed by atoms with Gasteiger partial charge in [0.2, 0.25) is 20.8 Å². The van der Waals surface area contributed by atoms with Crippen LogP contribution in [0.5, 0.6) is 0 Å². The fourth-order valence-corrected chi connectivity index (χ4v) is 0.612. The van der Waals surface area contributed by atoms with Gasteiger partial charge in [-0.05, 0) is 0 Å². The van der Waals surface area contributed by atoms with E-state index in [1.54, 1.807) is 0 Å². The van der Waals surface area contributed by atoms with Gasteiger partial charge < -0.3 is 9.11 Å². The molecule has 0 aliphatic rings. The summed E-state index contributed by atoms with van der Waals surface area (Å²) >= 11 is 0. The van der Waals surface area contributed by atoms with Crippen molar-refractivity contribution in [2.45, 2.75) is 0 Å².